The van der Waals surface area contributed by atoms with E-state index < -0.39 is 58.6 Å². The molecule has 1 fully saturated rings. The van der Waals surface area contributed by atoms with Crippen LogP contribution in [0.3, 0.4) is 0 Å². The van der Waals surface area contributed by atoms with Crippen LogP contribution in [0.5, 0.6) is 5.75 Å². The number of imide groups is 1. The van der Waals surface area contributed by atoms with E-state index in [2.05, 4.69) is 10.0 Å². The highest BCUT2D eigenvalue weighted by Crippen LogP contribution is 2.29. The Hall–Kier alpha value is -2.64. The van der Waals surface area contributed by atoms with Crippen molar-refractivity contribution in [1.82, 2.24) is 14.9 Å². The maximum atomic E-state index is 13.8. The molecule has 13 heteroatoms. The van der Waals surface area contributed by atoms with Crippen LogP contribution in [0.4, 0.5) is 18.0 Å². The summed E-state index contributed by atoms with van der Waals surface area (Å²) >= 11 is 0. The Morgan fingerprint density at radius 3 is 2.70 bits per heavy atom. The van der Waals surface area contributed by atoms with Crippen LogP contribution < -0.4 is 14.8 Å². The summed E-state index contributed by atoms with van der Waals surface area (Å²) in [6, 6.07) is 2.67. The SMILES string of the molecule is CC[C@@](O)(CNS(=O)(=O)C/C=C/CN1CCC(=O)NC1=O)c1ccc(F)c(OCC(F)F)c1. The van der Waals surface area contributed by atoms with Crippen molar-refractivity contribution in [3.05, 3.63) is 41.7 Å². The van der Waals surface area contributed by atoms with Gasteiger partial charge in [-0.15, -0.1) is 0 Å². The van der Waals surface area contributed by atoms with Crippen molar-refractivity contribution in [3.8, 4) is 5.75 Å². The van der Waals surface area contributed by atoms with Gasteiger partial charge in [-0.1, -0.05) is 25.1 Å². The number of nitrogens with one attached hydrogen (secondary N) is 2. The molecule has 0 aliphatic carbocycles. The van der Waals surface area contributed by atoms with Gasteiger partial charge in [0, 0.05) is 26.1 Å². The molecule has 0 aromatic heterocycles. The molecule has 0 saturated carbocycles. The topological polar surface area (TPSA) is 125 Å². The van der Waals surface area contributed by atoms with Gasteiger partial charge in [0.25, 0.3) is 6.43 Å². The quantitative estimate of drug-likeness (QED) is 0.379. The number of nitrogens with zero attached hydrogens (tertiary/aromatic N) is 1. The fourth-order valence-electron chi connectivity index (χ4n) is 2.95. The minimum absolute atomic E-state index is 0.0358. The molecular formula is C20H26F3N3O6S. The largest absolute Gasteiger partial charge is 0.485 e. The summed E-state index contributed by atoms with van der Waals surface area (Å²) in [7, 11) is -3.87. The molecule has 0 unspecified atom stereocenters. The number of hydrogen-bond donors (Lipinski definition) is 3. The van der Waals surface area contributed by atoms with Crippen LogP contribution in [0.2, 0.25) is 0 Å². The summed E-state index contributed by atoms with van der Waals surface area (Å²) in [6.07, 6.45) is 0.171. The number of ether oxygens (including phenoxy) is 1. The van der Waals surface area contributed by atoms with E-state index in [0.29, 0.717) is 0 Å². The predicted octanol–water partition coefficient (Wildman–Crippen LogP) is 1.48. The molecule has 33 heavy (non-hydrogen) atoms. The highest BCUT2D eigenvalue weighted by Gasteiger charge is 2.30. The molecule has 1 aromatic carbocycles. The number of urea groups is 1. The average molecular weight is 494 g/mol. The van der Waals surface area contributed by atoms with E-state index in [1.165, 1.54) is 23.1 Å². The number of sulfonamides is 1. The number of aliphatic hydroxyl groups is 1. The van der Waals surface area contributed by atoms with Gasteiger partial charge in [0.15, 0.2) is 11.6 Å². The highest BCUT2D eigenvalue weighted by molar-refractivity contribution is 7.89. The maximum Gasteiger partial charge on any atom is 0.324 e. The fourth-order valence-corrected chi connectivity index (χ4v) is 3.91. The van der Waals surface area contributed by atoms with Gasteiger partial charge >= 0.3 is 6.03 Å². The molecule has 1 heterocycles. The number of rotatable bonds is 12. The molecule has 3 amide bonds. The lowest BCUT2D eigenvalue weighted by Crippen LogP contribution is -2.49. The molecule has 1 aliphatic rings. The van der Waals surface area contributed by atoms with Gasteiger partial charge in [-0.05, 0) is 24.1 Å². The number of benzene rings is 1. The third-order valence-corrected chi connectivity index (χ3v) is 6.17. The molecule has 0 spiro atoms. The Bertz CT molecular complexity index is 989. The van der Waals surface area contributed by atoms with Crippen molar-refractivity contribution in [2.45, 2.75) is 31.8 Å². The van der Waals surface area contributed by atoms with Gasteiger partial charge < -0.3 is 14.7 Å². The van der Waals surface area contributed by atoms with Crippen molar-refractivity contribution in [3.63, 3.8) is 0 Å². The number of carbonyl (C=O) groups is 2. The molecule has 0 radical (unpaired) electrons. The summed E-state index contributed by atoms with van der Waals surface area (Å²) in [5.74, 6) is -2.18. The lowest BCUT2D eigenvalue weighted by molar-refractivity contribution is -0.121. The second-order valence-electron chi connectivity index (χ2n) is 7.36. The zero-order valence-corrected chi connectivity index (χ0v) is 18.7. The third-order valence-electron chi connectivity index (χ3n) is 4.95. The number of carbonyl (C=O) groups excluding carboxylic acids is 2. The lowest BCUT2D eigenvalue weighted by Gasteiger charge is -2.28. The third kappa shape index (κ3) is 8.02. The monoisotopic (exact) mass is 493 g/mol. The molecule has 184 valence electrons. The minimum Gasteiger partial charge on any atom is -0.485 e. The van der Waals surface area contributed by atoms with Crippen LogP contribution in [0, 0.1) is 5.82 Å². The van der Waals surface area contributed by atoms with Crippen LogP contribution in [-0.2, 0) is 20.4 Å². The van der Waals surface area contributed by atoms with Crippen molar-refractivity contribution >= 4 is 22.0 Å². The number of amides is 3. The van der Waals surface area contributed by atoms with Crippen LogP contribution in [-0.4, -0.2) is 68.8 Å². The van der Waals surface area contributed by atoms with Gasteiger partial charge in [0.05, 0.1) is 5.75 Å². The first-order valence-electron chi connectivity index (χ1n) is 10.1. The first-order chi connectivity index (χ1) is 15.5. The zero-order valence-electron chi connectivity index (χ0n) is 17.9. The van der Waals surface area contributed by atoms with Gasteiger partial charge in [-0.25, -0.2) is 31.1 Å². The fraction of sp³-hybridized carbons (Fsp3) is 0.500. The predicted molar refractivity (Wildman–Crippen MR) is 113 cm³/mol. The van der Waals surface area contributed by atoms with Crippen LogP contribution >= 0.6 is 0 Å². The second-order valence-corrected chi connectivity index (χ2v) is 9.21. The van der Waals surface area contributed by atoms with E-state index in [9.17, 15) is 36.3 Å². The second kappa shape index (κ2) is 11.5. The first-order valence-corrected chi connectivity index (χ1v) is 11.8. The van der Waals surface area contributed by atoms with E-state index in [0.717, 1.165) is 12.1 Å². The van der Waals surface area contributed by atoms with Gasteiger partial charge in [-0.3, -0.25) is 10.1 Å². The summed E-state index contributed by atoms with van der Waals surface area (Å²) in [6.45, 7) is 0.440. The molecule has 1 aromatic rings. The Labute approximate surface area is 189 Å². The van der Waals surface area contributed by atoms with Crippen molar-refractivity contribution in [2.24, 2.45) is 0 Å². The van der Waals surface area contributed by atoms with Crippen molar-refractivity contribution < 1.29 is 41.0 Å². The normalized spacial score (nSPS) is 16.8. The van der Waals surface area contributed by atoms with Crippen LogP contribution in [0.25, 0.3) is 0 Å². The first kappa shape index (κ1) is 26.6. The van der Waals surface area contributed by atoms with Gasteiger partial charge in [0.1, 0.15) is 12.2 Å². The van der Waals surface area contributed by atoms with E-state index in [1.54, 1.807) is 6.92 Å². The summed E-state index contributed by atoms with van der Waals surface area (Å²) in [4.78, 5) is 24.1. The molecule has 1 saturated heterocycles. The van der Waals surface area contributed by atoms with Crippen molar-refractivity contribution in [1.29, 1.82) is 0 Å². The molecule has 2 rings (SSSR count). The summed E-state index contributed by atoms with van der Waals surface area (Å²) in [5.41, 5.74) is -1.65. The van der Waals surface area contributed by atoms with Gasteiger partial charge in [-0.2, -0.15) is 0 Å². The molecular weight excluding hydrogens is 467 g/mol. The van der Waals surface area contributed by atoms with E-state index in [4.69, 9.17) is 4.74 Å². The Kier molecular flexibility index (Phi) is 9.25. The molecule has 1 atom stereocenters. The number of hydrogen-bond acceptors (Lipinski definition) is 6. The average Bonchev–Trinajstić information content (AvgIpc) is 2.75. The Balaban J connectivity index is 1.96. The zero-order chi connectivity index (χ0) is 24.6. The molecule has 0 bridgehead atoms. The Morgan fingerprint density at radius 2 is 2.06 bits per heavy atom. The molecule has 9 nitrogen and oxygen atoms in total. The number of halogens is 3. The van der Waals surface area contributed by atoms with E-state index >= 15 is 0 Å². The van der Waals surface area contributed by atoms with Crippen molar-refractivity contribution in [2.75, 3.05) is 32.0 Å². The van der Waals surface area contributed by atoms with Crippen LogP contribution in [0.15, 0.2) is 30.4 Å². The van der Waals surface area contributed by atoms with E-state index in [1.807, 2.05) is 0 Å². The highest BCUT2D eigenvalue weighted by atomic mass is 32.2. The van der Waals surface area contributed by atoms with E-state index in [-0.39, 0.29) is 37.4 Å². The Morgan fingerprint density at radius 1 is 1.33 bits per heavy atom. The molecule has 3 N–H and O–H groups in total. The minimum atomic E-state index is -3.87. The number of alkyl halides is 2. The van der Waals surface area contributed by atoms with Crippen LogP contribution in [0.1, 0.15) is 25.3 Å². The smallest absolute Gasteiger partial charge is 0.324 e. The summed E-state index contributed by atoms with van der Waals surface area (Å²) < 4.78 is 70.1. The summed E-state index contributed by atoms with van der Waals surface area (Å²) in [5, 5.41) is 13.0. The molecule has 1 aliphatic heterocycles. The lowest BCUT2D eigenvalue weighted by atomic mass is 9.91. The van der Waals surface area contributed by atoms with Gasteiger partial charge in [0.2, 0.25) is 15.9 Å². The maximum absolute atomic E-state index is 13.8. The standard InChI is InChI=1S/C20H26F3N3O6S/c1-2-20(29,14-5-6-15(21)16(11-14)32-12-17(22)23)13-24-33(30,31)10-4-3-8-26-9-7-18(27)25-19(26)28/h3-6,11,17,24,29H,2,7-10,12-13H2,1H3,(H,25,27,28)/b4-3+/t20-/m1/s1.